The molecule has 0 spiro atoms. The number of piperidine rings is 1. The normalized spacial score (nSPS) is 20.4. The maximum absolute atomic E-state index is 13.8. The van der Waals surface area contributed by atoms with Gasteiger partial charge in [-0.05, 0) is 69.8 Å². The van der Waals surface area contributed by atoms with Gasteiger partial charge in [0.05, 0.1) is 5.92 Å². The molecule has 2 aliphatic heterocycles. The maximum atomic E-state index is 13.8. The van der Waals surface area contributed by atoms with Crippen LogP contribution in [0.1, 0.15) is 53.5 Å². The first kappa shape index (κ1) is 26.6. The van der Waals surface area contributed by atoms with E-state index in [4.69, 9.17) is 4.52 Å². The van der Waals surface area contributed by atoms with Crippen LogP contribution in [0.15, 0.2) is 21.6 Å². The zero-order valence-electron chi connectivity index (χ0n) is 22.1. The van der Waals surface area contributed by atoms with Gasteiger partial charge in [-0.3, -0.25) is 4.79 Å². The van der Waals surface area contributed by atoms with Gasteiger partial charge < -0.3 is 14.3 Å². The predicted octanol–water partition coefficient (Wildman–Crippen LogP) is 3.64. The van der Waals surface area contributed by atoms with Gasteiger partial charge in [0.2, 0.25) is 15.9 Å². The first-order valence-corrected chi connectivity index (χ1v) is 14.3. The monoisotopic (exact) mass is 514 g/mol. The zero-order chi connectivity index (χ0) is 26.0. The maximum Gasteiger partial charge on any atom is 0.248 e. The molecular weight excluding hydrogens is 476 g/mol. The highest BCUT2D eigenvalue weighted by Crippen LogP contribution is 2.30. The molecule has 0 saturated carbocycles. The van der Waals surface area contributed by atoms with E-state index < -0.39 is 10.0 Å². The van der Waals surface area contributed by atoms with Crippen molar-refractivity contribution in [3.8, 4) is 0 Å². The molecule has 0 bridgehead atoms. The topological polar surface area (TPSA) is 87.0 Å². The summed E-state index contributed by atoms with van der Waals surface area (Å²) in [5.74, 6) is -0.0344. The molecule has 196 valence electrons. The molecule has 2 aromatic rings. The molecule has 0 unspecified atom stereocenters. The largest absolute Gasteiger partial charge is 0.355 e. The molecular formula is C27H38N4O4S. The highest BCUT2D eigenvalue weighted by molar-refractivity contribution is 7.89. The number of hydrogen-bond acceptors (Lipinski definition) is 6. The van der Waals surface area contributed by atoms with Gasteiger partial charge in [0, 0.05) is 39.3 Å². The lowest BCUT2D eigenvalue weighted by Gasteiger charge is -2.38. The van der Waals surface area contributed by atoms with Crippen molar-refractivity contribution >= 4 is 28.1 Å². The summed E-state index contributed by atoms with van der Waals surface area (Å²) in [6.45, 7) is 14.6. The molecule has 8 nitrogen and oxygen atoms in total. The molecule has 0 aliphatic carbocycles. The Labute approximate surface area is 215 Å². The molecule has 0 N–H and O–H groups in total. The van der Waals surface area contributed by atoms with Gasteiger partial charge in [0.15, 0.2) is 10.7 Å². The number of hydrogen-bond donors (Lipinski definition) is 0. The van der Waals surface area contributed by atoms with Crippen LogP contribution in [-0.4, -0.2) is 79.4 Å². The summed E-state index contributed by atoms with van der Waals surface area (Å²) in [7, 11) is -3.87. The van der Waals surface area contributed by atoms with Crippen LogP contribution in [-0.2, 0) is 14.8 Å². The molecule has 0 radical (unpaired) electrons. The lowest BCUT2D eigenvalue weighted by Crippen LogP contribution is -2.52. The minimum Gasteiger partial charge on any atom is -0.355 e. The van der Waals surface area contributed by atoms with E-state index in [0.29, 0.717) is 38.2 Å². The van der Waals surface area contributed by atoms with Crippen LogP contribution in [0.4, 0.5) is 0 Å². The minimum atomic E-state index is -3.87. The molecule has 2 saturated heterocycles. The lowest BCUT2D eigenvalue weighted by molar-refractivity contribution is -0.138. The van der Waals surface area contributed by atoms with Gasteiger partial charge >= 0.3 is 0 Å². The standard InChI is InChI=1S/C27H38N4O4S/c1-6-29-12-14-30(15-13-29)27(32)23-8-7-11-31(18-23)36(33,34)26-22(5)28-35-25(26)10-9-24-20(3)16-19(2)17-21(24)4/h9-10,16-17,23H,6-8,11-15,18H2,1-5H3/b10-9+/t23-/m1/s1. The van der Waals surface area contributed by atoms with Crippen molar-refractivity contribution in [1.29, 1.82) is 0 Å². The van der Waals surface area contributed by atoms with Crippen LogP contribution in [0.2, 0.25) is 0 Å². The van der Waals surface area contributed by atoms with E-state index in [-0.39, 0.29) is 29.0 Å². The van der Waals surface area contributed by atoms with Gasteiger partial charge in [-0.1, -0.05) is 35.9 Å². The van der Waals surface area contributed by atoms with E-state index >= 15 is 0 Å². The minimum absolute atomic E-state index is 0.0677. The molecule has 2 fully saturated rings. The summed E-state index contributed by atoms with van der Waals surface area (Å²) in [6.07, 6.45) is 4.95. The van der Waals surface area contributed by atoms with Crippen LogP contribution < -0.4 is 0 Å². The Balaban J connectivity index is 1.54. The number of aryl methyl sites for hydroxylation is 4. The molecule has 9 heteroatoms. The zero-order valence-corrected chi connectivity index (χ0v) is 22.9. The fourth-order valence-corrected chi connectivity index (χ4v) is 7.22. The van der Waals surface area contributed by atoms with Crippen LogP contribution in [0.25, 0.3) is 12.2 Å². The number of aromatic nitrogens is 1. The van der Waals surface area contributed by atoms with Crippen molar-refractivity contribution in [2.24, 2.45) is 5.92 Å². The summed E-state index contributed by atoms with van der Waals surface area (Å²) >= 11 is 0. The number of likely N-dealkylation sites (N-methyl/N-ethyl adjacent to an activating group) is 1. The summed E-state index contributed by atoms with van der Waals surface area (Å²) in [5.41, 5.74) is 4.77. The second-order valence-electron chi connectivity index (χ2n) is 10.1. The molecule has 3 heterocycles. The van der Waals surface area contributed by atoms with E-state index in [1.165, 1.54) is 9.87 Å². The quantitative estimate of drug-likeness (QED) is 0.585. The molecule has 4 rings (SSSR count). The fraction of sp³-hybridized carbons (Fsp3) is 0.556. The summed E-state index contributed by atoms with van der Waals surface area (Å²) in [6, 6.07) is 4.20. The molecule has 2 aliphatic rings. The van der Waals surface area contributed by atoms with Crippen molar-refractivity contribution in [1.82, 2.24) is 19.3 Å². The third kappa shape index (κ3) is 5.43. The Hall–Kier alpha value is -2.49. The number of benzene rings is 1. The molecule has 36 heavy (non-hydrogen) atoms. The number of carbonyl (C=O) groups excluding carboxylic acids is 1. The van der Waals surface area contributed by atoms with Gasteiger partial charge in [0.25, 0.3) is 0 Å². The predicted molar refractivity (Wildman–Crippen MR) is 141 cm³/mol. The number of amides is 1. The Morgan fingerprint density at radius 1 is 1.06 bits per heavy atom. The number of carbonyl (C=O) groups is 1. The van der Waals surface area contributed by atoms with Crippen molar-refractivity contribution in [2.75, 3.05) is 45.8 Å². The highest BCUT2D eigenvalue weighted by Gasteiger charge is 2.38. The second-order valence-corrected chi connectivity index (χ2v) is 11.9. The van der Waals surface area contributed by atoms with Crippen LogP contribution in [0, 0.1) is 33.6 Å². The first-order chi connectivity index (χ1) is 17.1. The number of sulfonamides is 1. The van der Waals surface area contributed by atoms with Crippen LogP contribution in [0.3, 0.4) is 0 Å². The van der Waals surface area contributed by atoms with Crippen molar-refractivity contribution in [2.45, 2.75) is 52.4 Å². The highest BCUT2D eigenvalue weighted by atomic mass is 32.2. The SMILES string of the molecule is CCN1CCN(C(=O)[C@@H]2CCCN(S(=O)(=O)c3c(C)noc3/C=C/c3c(C)cc(C)cc3C)C2)CC1. The van der Waals surface area contributed by atoms with Crippen molar-refractivity contribution in [3.05, 3.63) is 45.8 Å². The molecule has 1 amide bonds. The first-order valence-electron chi connectivity index (χ1n) is 12.8. The molecule has 1 aromatic carbocycles. The van der Waals surface area contributed by atoms with Gasteiger partial charge in [-0.2, -0.15) is 4.31 Å². The third-order valence-electron chi connectivity index (χ3n) is 7.44. The third-order valence-corrected chi connectivity index (χ3v) is 9.46. The average molecular weight is 515 g/mol. The lowest BCUT2D eigenvalue weighted by atomic mass is 9.98. The van der Waals surface area contributed by atoms with Gasteiger partial charge in [0.1, 0.15) is 5.69 Å². The summed E-state index contributed by atoms with van der Waals surface area (Å²) < 4.78 is 34.4. The Morgan fingerprint density at radius 3 is 2.36 bits per heavy atom. The van der Waals surface area contributed by atoms with Crippen molar-refractivity contribution < 1.29 is 17.7 Å². The molecule has 1 atom stereocenters. The van der Waals surface area contributed by atoms with Gasteiger partial charge in [-0.15, -0.1) is 0 Å². The number of piperazine rings is 1. The number of rotatable bonds is 6. The average Bonchev–Trinajstić information content (AvgIpc) is 3.24. The summed E-state index contributed by atoms with van der Waals surface area (Å²) in [4.78, 5) is 17.5. The van der Waals surface area contributed by atoms with Crippen LogP contribution >= 0.6 is 0 Å². The van der Waals surface area contributed by atoms with Gasteiger partial charge in [-0.25, -0.2) is 8.42 Å². The smallest absolute Gasteiger partial charge is 0.248 e. The van der Waals surface area contributed by atoms with E-state index in [0.717, 1.165) is 36.3 Å². The molecule has 1 aromatic heterocycles. The Kier molecular flexibility index (Phi) is 8.02. The van der Waals surface area contributed by atoms with E-state index in [2.05, 4.69) is 36.0 Å². The Bertz CT molecular complexity index is 1220. The van der Waals surface area contributed by atoms with E-state index in [1.807, 2.05) is 24.8 Å². The van der Waals surface area contributed by atoms with E-state index in [9.17, 15) is 13.2 Å². The second kappa shape index (κ2) is 10.9. The fourth-order valence-electron chi connectivity index (χ4n) is 5.45. The number of nitrogens with zero attached hydrogens (tertiary/aromatic N) is 4. The van der Waals surface area contributed by atoms with Crippen molar-refractivity contribution in [3.63, 3.8) is 0 Å². The van der Waals surface area contributed by atoms with Crippen LogP contribution in [0.5, 0.6) is 0 Å². The van der Waals surface area contributed by atoms with E-state index in [1.54, 1.807) is 13.0 Å². The summed E-state index contributed by atoms with van der Waals surface area (Å²) in [5, 5.41) is 3.98. The Morgan fingerprint density at radius 2 is 1.72 bits per heavy atom.